The van der Waals surface area contributed by atoms with Crippen molar-refractivity contribution >= 4 is 12.1 Å². The summed E-state index contributed by atoms with van der Waals surface area (Å²) >= 11 is 0. The van der Waals surface area contributed by atoms with Crippen LogP contribution in [0.2, 0.25) is 0 Å². The van der Waals surface area contributed by atoms with Gasteiger partial charge in [-0.2, -0.15) is 0 Å². The van der Waals surface area contributed by atoms with E-state index < -0.39 is 29.9 Å². The third-order valence-corrected chi connectivity index (χ3v) is 4.53. The van der Waals surface area contributed by atoms with E-state index in [0.717, 1.165) is 5.56 Å². The summed E-state index contributed by atoms with van der Waals surface area (Å²) < 4.78 is 16.9. The smallest absolute Gasteiger partial charge is 0.408 e. The summed E-state index contributed by atoms with van der Waals surface area (Å²) in [6.07, 6.45) is -0.137. The zero-order valence-electron chi connectivity index (χ0n) is 17.5. The molecule has 1 aromatic rings. The Balaban J connectivity index is 3.53. The molecular weight excluding hydrogens is 362 g/mol. The van der Waals surface area contributed by atoms with Gasteiger partial charge in [-0.05, 0) is 39.7 Å². The fraction of sp³-hybridized carbons (Fsp3) is 0.619. The maximum Gasteiger partial charge on any atom is 0.408 e. The molecule has 0 aromatic heterocycles. The number of benzene rings is 1. The van der Waals surface area contributed by atoms with Crippen LogP contribution in [0.1, 0.15) is 59.1 Å². The Morgan fingerprint density at radius 1 is 1.04 bits per heavy atom. The van der Waals surface area contributed by atoms with Gasteiger partial charge in [-0.1, -0.05) is 43.7 Å². The quantitative estimate of drug-likeness (QED) is 0.421. The lowest BCUT2D eigenvalue weighted by Crippen LogP contribution is -2.62. The average molecular weight is 395 g/mol. The molecule has 0 spiro atoms. The lowest BCUT2D eigenvalue weighted by Gasteiger charge is -2.44. The van der Waals surface area contributed by atoms with Gasteiger partial charge in [0.25, 0.3) is 5.79 Å². The number of nitrogens with zero attached hydrogens (tertiary/aromatic N) is 1. The van der Waals surface area contributed by atoms with Gasteiger partial charge in [-0.3, -0.25) is 4.90 Å². The molecule has 7 nitrogen and oxygen atoms in total. The van der Waals surface area contributed by atoms with Crippen LogP contribution >= 0.6 is 0 Å². The standard InChI is InChI=1S/C21H33NO6/c1-6-13-18(21(27-8-3,28-9-4)19(23)26-7-2)22(20(24)25)16(5)17-14-11-10-12-15-17/h10-12,14-16,18H,6-9,13H2,1-5H3,(H,24,25)/t16-,18?/m0/s1. The van der Waals surface area contributed by atoms with Crippen LogP contribution in [0.3, 0.4) is 0 Å². The highest BCUT2D eigenvalue weighted by Crippen LogP contribution is 2.34. The van der Waals surface area contributed by atoms with Crippen LogP contribution in [0.5, 0.6) is 0 Å². The Bertz CT molecular complexity index is 600. The van der Waals surface area contributed by atoms with Crippen molar-refractivity contribution in [2.75, 3.05) is 19.8 Å². The normalized spacial score (nSPS) is 13.6. The van der Waals surface area contributed by atoms with Crippen molar-refractivity contribution in [1.29, 1.82) is 0 Å². The van der Waals surface area contributed by atoms with Crippen LogP contribution in [-0.4, -0.2) is 53.7 Å². The van der Waals surface area contributed by atoms with Gasteiger partial charge < -0.3 is 19.3 Å². The van der Waals surface area contributed by atoms with Gasteiger partial charge in [0.2, 0.25) is 0 Å². The van der Waals surface area contributed by atoms with E-state index in [1.807, 2.05) is 37.3 Å². The van der Waals surface area contributed by atoms with Crippen molar-refractivity contribution in [2.45, 2.75) is 65.3 Å². The van der Waals surface area contributed by atoms with Crippen LogP contribution in [0.4, 0.5) is 4.79 Å². The molecule has 1 rings (SSSR count). The second kappa shape index (κ2) is 11.7. The molecule has 0 aliphatic rings. The first-order valence-electron chi connectivity index (χ1n) is 9.90. The Kier molecular flexibility index (Phi) is 9.96. The number of hydrogen-bond donors (Lipinski definition) is 1. The number of ether oxygens (including phenoxy) is 3. The molecular formula is C21H33NO6. The maximum atomic E-state index is 13.0. The minimum Gasteiger partial charge on any atom is -0.465 e. The molecule has 7 heteroatoms. The van der Waals surface area contributed by atoms with E-state index in [2.05, 4.69) is 0 Å². The molecule has 1 N–H and O–H groups in total. The van der Waals surface area contributed by atoms with Gasteiger partial charge >= 0.3 is 12.1 Å². The van der Waals surface area contributed by atoms with Crippen molar-refractivity contribution in [3.63, 3.8) is 0 Å². The molecule has 0 heterocycles. The summed E-state index contributed by atoms with van der Waals surface area (Å²) in [5.74, 6) is -2.53. The van der Waals surface area contributed by atoms with Crippen LogP contribution < -0.4 is 0 Å². The summed E-state index contributed by atoms with van der Waals surface area (Å²) in [5.41, 5.74) is 0.816. The maximum absolute atomic E-state index is 13.0. The molecule has 0 fully saturated rings. The number of carbonyl (C=O) groups is 2. The zero-order chi connectivity index (χ0) is 21.2. The lowest BCUT2D eigenvalue weighted by molar-refractivity contribution is -0.269. The number of carbonyl (C=O) groups excluding carboxylic acids is 1. The minimum absolute atomic E-state index is 0.140. The van der Waals surface area contributed by atoms with Gasteiger partial charge in [0, 0.05) is 13.2 Å². The predicted molar refractivity (Wildman–Crippen MR) is 106 cm³/mol. The molecule has 0 bridgehead atoms. The van der Waals surface area contributed by atoms with E-state index in [1.54, 1.807) is 27.7 Å². The summed E-state index contributed by atoms with van der Waals surface area (Å²) in [5, 5.41) is 10.1. The molecule has 0 aliphatic heterocycles. The summed E-state index contributed by atoms with van der Waals surface area (Å²) in [7, 11) is 0. The van der Waals surface area contributed by atoms with E-state index in [-0.39, 0.29) is 19.8 Å². The van der Waals surface area contributed by atoms with Gasteiger partial charge in [-0.25, -0.2) is 9.59 Å². The van der Waals surface area contributed by atoms with Crippen molar-refractivity contribution in [3.8, 4) is 0 Å². The monoisotopic (exact) mass is 395 g/mol. The molecule has 0 radical (unpaired) electrons. The largest absolute Gasteiger partial charge is 0.465 e. The first-order chi connectivity index (χ1) is 13.4. The number of rotatable bonds is 12. The summed E-state index contributed by atoms with van der Waals surface area (Å²) in [6.45, 7) is 9.37. The van der Waals surface area contributed by atoms with Gasteiger partial charge in [0.1, 0.15) is 6.04 Å². The summed E-state index contributed by atoms with van der Waals surface area (Å²) in [6, 6.07) is 7.91. The number of esters is 1. The van der Waals surface area contributed by atoms with Crippen molar-refractivity contribution in [3.05, 3.63) is 35.9 Å². The van der Waals surface area contributed by atoms with Crippen molar-refractivity contribution in [1.82, 2.24) is 4.90 Å². The number of carboxylic acid groups (broad SMARTS) is 1. The second-order valence-electron chi connectivity index (χ2n) is 6.33. The van der Waals surface area contributed by atoms with Crippen molar-refractivity contribution in [2.24, 2.45) is 0 Å². The Morgan fingerprint density at radius 2 is 1.61 bits per heavy atom. The van der Waals surface area contributed by atoms with Crippen LogP contribution in [0, 0.1) is 0 Å². The molecule has 0 saturated carbocycles. The first-order valence-corrected chi connectivity index (χ1v) is 9.90. The van der Waals surface area contributed by atoms with E-state index in [4.69, 9.17) is 14.2 Å². The second-order valence-corrected chi connectivity index (χ2v) is 6.33. The topological polar surface area (TPSA) is 85.3 Å². The first kappa shape index (κ1) is 23.9. The van der Waals surface area contributed by atoms with Gasteiger partial charge in [0.15, 0.2) is 0 Å². The molecule has 2 atom stereocenters. The highest BCUT2D eigenvalue weighted by molar-refractivity contribution is 5.80. The van der Waals surface area contributed by atoms with Crippen LogP contribution in [0.15, 0.2) is 30.3 Å². The highest BCUT2D eigenvalue weighted by atomic mass is 16.7. The van der Waals surface area contributed by atoms with E-state index in [0.29, 0.717) is 12.8 Å². The molecule has 1 unspecified atom stereocenters. The van der Waals surface area contributed by atoms with E-state index >= 15 is 0 Å². The van der Waals surface area contributed by atoms with E-state index in [1.165, 1.54) is 4.90 Å². The predicted octanol–water partition coefficient (Wildman–Crippen LogP) is 4.23. The van der Waals surface area contributed by atoms with E-state index in [9.17, 15) is 14.7 Å². The SMILES string of the molecule is CCCC(N(C(=O)O)[C@@H](C)c1ccccc1)C(OCC)(OCC)C(=O)OCC. The lowest BCUT2D eigenvalue weighted by atomic mass is 9.96. The fourth-order valence-corrected chi connectivity index (χ4v) is 3.40. The molecule has 1 aromatic carbocycles. The van der Waals surface area contributed by atoms with Gasteiger partial charge in [-0.15, -0.1) is 0 Å². The summed E-state index contributed by atoms with van der Waals surface area (Å²) in [4.78, 5) is 26.5. The molecule has 0 saturated heterocycles. The van der Waals surface area contributed by atoms with Crippen molar-refractivity contribution < 1.29 is 28.9 Å². The van der Waals surface area contributed by atoms with Gasteiger partial charge in [0.05, 0.1) is 12.6 Å². The Morgan fingerprint density at radius 3 is 2.04 bits per heavy atom. The minimum atomic E-state index is -1.82. The third-order valence-electron chi connectivity index (χ3n) is 4.53. The van der Waals surface area contributed by atoms with Crippen LogP contribution in [-0.2, 0) is 19.0 Å². The molecule has 158 valence electrons. The third kappa shape index (κ3) is 5.45. The number of hydrogen-bond acceptors (Lipinski definition) is 5. The average Bonchev–Trinajstić information content (AvgIpc) is 2.67. The molecule has 1 amide bonds. The Labute approximate surface area is 167 Å². The fourth-order valence-electron chi connectivity index (χ4n) is 3.40. The molecule has 0 aliphatic carbocycles. The van der Waals surface area contributed by atoms with Crippen LogP contribution in [0.25, 0.3) is 0 Å². The zero-order valence-corrected chi connectivity index (χ0v) is 17.5. The highest BCUT2D eigenvalue weighted by Gasteiger charge is 2.54. The number of amides is 1. The molecule has 28 heavy (non-hydrogen) atoms. The Hall–Kier alpha value is -2.12.